The molecule has 0 aliphatic carbocycles. The van der Waals surface area contributed by atoms with E-state index in [1.54, 1.807) is 5.06 Å². The molecule has 0 saturated carbocycles. The van der Waals surface area contributed by atoms with Crippen LogP contribution in [0.3, 0.4) is 0 Å². The number of hydrogen-bond acceptors (Lipinski definition) is 5. The maximum absolute atomic E-state index is 9.31. The minimum Gasteiger partial charge on any atom is -0.411 e. The fourth-order valence-corrected chi connectivity index (χ4v) is 1.91. The van der Waals surface area contributed by atoms with Gasteiger partial charge >= 0.3 is 0 Å². The van der Waals surface area contributed by atoms with Crippen LogP contribution in [0.4, 0.5) is 0 Å². The Morgan fingerprint density at radius 2 is 2.18 bits per heavy atom. The summed E-state index contributed by atoms with van der Waals surface area (Å²) < 4.78 is 0. The highest BCUT2D eigenvalue weighted by molar-refractivity contribution is 6.03. The molecule has 2 rings (SSSR count). The first-order valence-corrected chi connectivity index (χ1v) is 5.61. The molecule has 1 aliphatic rings. The third-order valence-electron chi connectivity index (χ3n) is 2.86. The van der Waals surface area contributed by atoms with Crippen molar-refractivity contribution < 1.29 is 15.2 Å². The van der Waals surface area contributed by atoms with Crippen molar-refractivity contribution in [3.05, 3.63) is 35.9 Å². The summed E-state index contributed by atoms with van der Waals surface area (Å²) in [7, 11) is 0. The van der Waals surface area contributed by atoms with Crippen LogP contribution in [0.5, 0.6) is 0 Å². The highest BCUT2D eigenvalue weighted by Crippen LogP contribution is 2.17. The third-order valence-corrected chi connectivity index (χ3v) is 2.86. The molecule has 1 heterocycles. The Labute approximate surface area is 99.9 Å². The molecule has 92 valence electrons. The van der Waals surface area contributed by atoms with E-state index in [0.717, 1.165) is 5.56 Å². The summed E-state index contributed by atoms with van der Waals surface area (Å²) in [6.45, 7) is 2.49. The van der Waals surface area contributed by atoms with Gasteiger partial charge < -0.3 is 10.3 Å². The molecule has 0 radical (unpaired) electrons. The molecule has 0 amide bonds. The van der Waals surface area contributed by atoms with E-state index in [2.05, 4.69) is 5.16 Å². The van der Waals surface area contributed by atoms with Gasteiger partial charge in [-0.3, -0.25) is 4.84 Å². The van der Waals surface area contributed by atoms with Gasteiger partial charge in [-0.15, -0.1) is 0 Å². The molecule has 17 heavy (non-hydrogen) atoms. The lowest BCUT2D eigenvalue weighted by Gasteiger charge is -2.23. The van der Waals surface area contributed by atoms with Crippen LogP contribution in [0.25, 0.3) is 0 Å². The fourth-order valence-electron chi connectivity index (χ4n) is 1.91. The molecule has 0 aromatic heterocycles. The summed E-state index contributed by atoms with van der Waals surface area (Å²) in [5, 5.41) is 23.4. The normalized spacial score (nSPS) is 23.9. The van der Waals surface area contributed by atoms with E-state index in [1.165, 1.54) is 0 Å². The van der Waals surface area contributed by atoms with Crippen LogP contribution in [0, 0.1) is 0 Å². The highest BCUT2D eigenvalue weighted by Gasteiger charge is 2.29. The van der Waals surface area contributed by atoms with Crippen LogP contribution in [0.1, 0.15) is 18.9 Å². The fraction of sp³-hybridized carbons (Fsp3) is 0.417. The van der Waals surface area contributed by atoms with Crippen molar-refractivity contribution >= 4 is 5.71 Å². The number of aliphatic hydroxyl groups excluding tert-OH is 1. The van der Waals surface area contributed by atoms with E-state index in [9.17, 15) is 5.11 Å². The predicted molar refractivity (Wildman–Crippen MR) is 62.6 cm³/mol. The molecule has 0 spiro atoms. The first-order chi connectivity index (χ1) is 8.22. The summed E-state index contributed by atoms with van der Waals surface area (Å²) in [5.41, 5.74) is 1.37. The van der Waals surface area contributed by atoms with Crippen molar-refractivity contribution in [2.45, 2.75) is 25.7 Å². The van der Waals surface area contributed by atoms with E-state index in [-0.39, 0.29) is 6.04 Å². The van der Waals surface area contributed by atoms with Crippen molar-refractivity contribution in [2.24, 2.45) is 5.16 Å². The number of nitrogens with zero attached hydrogens (tertiary/aromatic N) is 2. The first kappa shape index (κ1) is 12.0. The monoisotopic (exact) mass is 236 g/mol. The molecule has 5 nitrogen and oxygen atoms in total. The molecule has 1 saturated heterocycles. The zero-order chi connectivity index (χ0) is 12.3. The SMILES string of the molecule is CC(C(=NO)c1ccccc1)N1CCC(O)O1. The topological polar surface area (TPSA) is 65.3 Å². The molecule has 1 aromatic rings. The summed E-state index contributed by atoms with van der Waals surface area (Å²) in [5.74, 6) is 0. The van der Waals surface area contributed by atoms with E-state index < -0.39 is 6.29 Å². The average molecular weight is 236 g/mol. The van der Waals surface area contributed by atoms with Gasteiger partial charge in [-0.2, -0.15) is 5.06 Å². The van der Waals surface area contributed by atoms with E-state index in [0.29, 0.717) is 18.7 Å². The molecule has 2 atom stereocenters. The maximum Gasteiger partial charge on any atom is 0.176 e. The van der Waals surface area contributed by atoms with Gasteiger partial charge in [-0.05, 0) is 6.92 Å². The zero-order valence-electron chi connectivity index (χ0n) is 9.65. The predicted octanol–water partition coefficient (Wildman–Crippen LogP) is 1.21. The first-order valence-electron chi connectivity index (χ1n) is 5.61. The van der Waals surface area contributed by atoms with Gasteiger partial charge in [0.25, 0.3) is 0 Å². The van der Waals surface area contributed by atoms with E-state index >= 15 is 0 Å². The van der Waals surface area contributed by atoms with Crippen LogP contribution in [0.2, 0.25) is 0 Å². The van der Waals surface area contributed by atoms with E-state index in [4.69, 9.17) is 10.0 Å². The number of oxime groups is 1. The molecule has 1 aliphatic heterocycles. The molecule has 0 bridgehead atoms. The molecule has 2 N–H and O–H groups in total. The van der Waals surface area contributed by atoms with Crippen LogP contribution in [0.15, 0.2) is 35.5 Å². The van der Waals surface area contributed by atoms with Crippen LogP contribution >= 0.6 is 0 Å². The molecule has 5 heteroatoms. The smallest absolute Gasteiger partial charge is 0.176 e. The molecular weight excluding hydrogens is 220 g/mol. The minimum absolute atomic E-state index is 0.209. The third kappa shape index (κ3) is 2.63. The van der Waals surface area contributed by atoms with Crippen LogP contribution in [-0.2, 0) is 4.84 Å². The number of hydrogen-bond donors (Lipinski definition) is 2. The second kappa shape index (κ2) is 5.27. The summed E-state index contributed by atoms with van der Waals surface area (Å²) in [6.07, 6.45) is -0.189. The Hall–Kier alpha value is -1.43. The highest BCUT2D eigenvalue weighted by atomic mass is 16.8. The van der Waals surface area contributed by atoms with E-state index in [1.807, 2.05) is 37.3 Å². The lowest BCUT2D eigenvalue weighted by Crippen LogP contribution is -2.37. The van der Waals surface area contributed by atoms with Crippen molar-refractivity contribution in [3.8, 4) is 0 Å². The van der Waals surface area contributed by atoms with Crippen molar-refractivity contribution in [3.63, 3.8) is 0 Å². The van der Waals surface area contributed by atoms with Crippen LogP contribution < -0.4 is 0 Å². The standard InChI is InChI=1S/C12H16N2O3/c1-9(14-8-7-11(15)17-14)12(13-16)10-5-3-2-4-6-10/h2-6,9,11,15-16H,7-8H2,1H3. The summed E-state index contributed by atoms with van der Waals surface area (Å²) in [6, 6.07) is 9.20. The minimum atomic E-state index is -0.756. The van der Waals surface area contributed by atoms with Gasteiger partial charge in [0.2, 0.25) is 0 Å². The lowest BCUT2D eigenvalue weighted by molar-refractivity contribution is -0.218. The number of aliphatic hydroxyl groups is 1. The van der Waals surface area contributed by atoms with Gasteiger partial charge in [0, 0.05) is 18.5 Å². The maximum atomic E-state index is 9.31. The van der Waals surface area contributed by atoms with Gasteiger partial charge in [-0.1, -0.05) is 35.5 Å². The quantitative estimate of drug-likeness (QED) is 0.470. The zero-order valence-corrected chi connectivity index (χ0v) is 9.65. The van der Waals surface area contributed by atoms with Gasteiger partial charge in [-0.25, -0.2) is 0 Å². The Morgan fingerprint density at radius 1 is 1.47 bits per heavy atom. The second-order valence-electron chi connectivity index (χ2n) is 4.02. The second-order valence-corrected chi connectivity index (χ2v) is 4.02. The van der Waals surface area contributed by atoms with Gasteiger partial charge in [0.05, 0.1) is 6.04 Å². The number of benzene rings is 1. The Bertz CT molecular complexity index is 394. The Balaban J connectivity index is 2.14. The molecular formula is C12H16N2O3. The lowest BCUT2D eigenvalue weighted by atomic mass is 10.0. The van der Waals surface area contributed by atoms with Gasteiger partial charge in [0.15, 0.2) is 6.29 Å². The molecule has 2 unspecified atom stereocenters. The average Bonchev–Trinajstić information content (AvgIpc) is 2.78. The Morgan fingerprint density at radius 3 is 2.71 bits per heavy atom. The Kier molecular flexibility index (Phi) is 3.73. The van der Waals surface area contributed by atoms with Crippen molar-refractivity contribution in [2.75, 3.05) is 6.54 Å². The molecule has 1 aromatic carbocycles. The summed E-state index contributed by atoms with van der Waals surface area (Å²) >= 11 is 0. The van der Waals surface area contributed by atoms with Crippen LogP contribution in [-0.4, -0.2) is 40.0 Å². The van der Waals surface area contributed by atoms with Crippen molar-refractivity contribution in [1.82, 2.24) is 5.06 Å². The molecule has 1 fully saturated rings. The van der Waals surface area contributed by atoms with Gasteiger partial charge in [0.1, 0.15) is 5.71 Å². The largest absolute Gasteiger partial charge is 0.411 e. The number of hydroxylamine groups is 2. The van der Waals surface area contributed by atoms with Crippen molar-refractivity contribution in [1.29, 1.82) is 0 Å². The number of rotatable bonds is 3. The summed E-state index contributed by atoms with van der Waals surface area (Å²) in [4.78, 5) is 5.22.